The van der Waals surface area contributed by atoms with Gasteiger partial charge in [0.05, 0.1) is 25.0 Å². The van der Waals surface area contributed by atoms with E-state index in [4.69, 9.17) is 12.7 Å². The summed E-state index contributed by atoms with van der Waals surface area (Å²) in [6.07, 6.45) is 0. The Hall–Kier alpha value is -7.68. The second-order valence-electron chi connectivity index (χ2n) is 14.8. The maximum Gasteiger partial charge on any atom is 0.160 e. The van der Waals surface area contributed by atoms with Gasteiger partial charge in [-0.3, -0.25) is 0 Å². The Morgan fingerprint density at radius 3 is 1.51 bits per heavy atom. The molecule has 59 heavy (non-hydrogen) atoms. The van der Waals surface area contributed by atoms with E-state index in [0.717, 1.165) is 55.6 Å². The SMILES string of the molecule is [2H]c1c([2H])c([2H])c2c(-c3cc(-c4ccc(-c5ccccc5)cc4)nc(-c4ccccc4)n3)c([2H])c([2H])c(-c3ccc4c(c3)C(c3ccccc3)(c3ccccc3)c3ccccc3-4)c2c1[2H]. The Morgan fingerprint density at radius 1 is 0.339 bits per heavy atom. The number of fused-ring (bicyclic) bond motifs is 4. The third kappa shape index (κ3) is 5.80. The Balaban J connectivity index is 1.18. The lowest BCUT2D eigenvalue weighted by Gasteiger charge is -2.34. The molecular weight excluding hydrogens is 713 g/mol. The topological polar surface area (TPSA) is 25.8 Å². The van der Waals surface area contributed by atoms with Gasteiger partial charge in [-0.15, -0.1) is 0 Å². The number of aromatic nitrogens is 2. The average molecular weight is 757 g/mol. The fourth-order valence-corrected chi connectivity index (χ4v) is 8.85. The summed E-state index contributed by atoms with van der Waals surface area (Å²) in [6.45, 7) is 0. The van der Waals surface area contributed by atoms with Crippen LogP contribution in [0.5, 0.6) is 0 Å². The highest BCUT2D eigenvalue weighted by Gasteiger charge is 2.46. The molecule has 2 heteroatoms. The van der Waals surface area contributed by atoms with Crippen LogP contribution in [0.1, 0.15) is 30.5 Å². The first-order valence-corrected chi connectivity index (χ1v) is 19.8. The van der Waals surface area contributed by atoms with Crippen LogP contribution in [-0.2, 0) is 5.41 Å². The summed E-state index contributed by atoms with van der Waals surface area (Å²) < 4.78 is 56.7. The van der Waals surface area contributed by atoms with Gasteiger partial charge in [0, 0.05) is 16.7 Å². The quantitative estimate of drug-likeness (QED) is 0.162. The largest absolute Gasteiger partial charge is 0.228 e. The molecule has 0 radical (unpaired) electrons. The van der Waals surface area contributed by atoms with E-state index in [-0.39, 0.29) is 51.8 Å². The van der Waals surface area contributed by atoms with Crippen LogP contribution in [0.25, 0.3) is 78.1 Å². The molecule has 9 aromatic carbocycles. The zero-order chi connectivity index (χ0) is 44.4. The molecule has 11 rings (SSSR count). The van der Waals surface area contributed by atoms with Crippen molar-refractivity contribution in [3.63, 3.8) is 0 Å². The van der Waals surface area contributed by atoms with E-state index < -0.39 is 17.5 Å². The number of hydrogen-bond donors (Lipinski definition) is 0. The predicted molar refractivity (Wildman–Crippen MR) is 244 cm³/mol. The van der Waals surface area contributed by atoms with E-state index in [1.54, 1.807) is 6.07 Å². The number of benzene rings is 9. The summed E-state index contributed by atoms with van der Waals surface area (Å²) in [7, 11) is 0. The normalized spacial score (nSPS) is 14.0. The molecular formula is C57H38N2. The Kier molecular flexibility index (Phi) is 6.98. The van der Waals surface area contributed by atoms with Crippen LogP contribution in [-0.4, -0.2) is 9.97 Å². The first-order valence-electron chi connectivity index (χ1n) is 22.8. The highest BCUT2D eigenvalue weighted by atomic mass is 14.9. The highest BCUT2D eigenvalue weighted by molar-refractivity contribution is 6.05. The van der Waals surface area contributed by atoms with E-state index in [0.29, 0.717) is 17.1 Å². The Bertz CT molecular complexity index is 3430. The third-order valence-corrected chi connectivity index (χ3v) is 11.5. The van der Waals surface area contributed by atoms with Gasteiger partial charge in [-0.1, -0.05) is 218 Å². The van der Waals surface area contributed by atoms with Crippen molar-refractivity contribution in [1.29, 1.82) is 0 Å². The summed E-state index contributed by atoms with van der Waals surface area (Å²) in [5, 5.41) is 0.275. The molecule has 1 aliphatic rings. The van der Waals surface area contributed by atoms with Crippen molar-refractivity contribution in [2.24, 2.45) is 0 Å². The summed E-state index contributed by atoms with van der Waals surface area (Å²) >= 11 is 0. The van der Waals surface area contributed by atoms with Crippen molar-refractivity contribution < 1.29 is 8.22 Å². The van der Waals surface area contributed by atoms with Crippen LogP contribution >= 0.6 is 0 Å². The molecule has 1 heterocycles. The Labute approximate surface area is 353 Å². The molecule has 0 saturated carbocycles. The van der Waals surface area contributed by atoms with Gasteiger partial charge in [-0.2, -0.15) is 0 Å². The lowest BCUT2D eigenvalue weighted by atomic mass is 9.67. The number of hydrogen-bond acceptors (Lipinski definition) is 2. The van der Waals surface area contributed by atoms with Gasteiger partial charge < -0.3 is 0 Å². The molecule has 0 N–H and O–H groups in total. The summed E-state index contributed by atoms with van der Waals surface area (Å²) in [5.41, 5.74) is 11.0. The molecule has 0 fully saturated rings. The van der Waals surface area contributed by atoms with E-state index in [9.17, 15) is 5.48 Å². The number of rotatable bonds is 7. The maximum atomic E-state index is 9.91. The van der Waals surface area contributed by atoms with Gasteiger partial charge in [0.25, 0.3) is 0 Å². The van der Waals surface area contributed by atoms with E-state index in [2.05, 4.69) is 66.7 Å². The minimum Gasteiger partial charge on any atom is -0.228 e. The zero-order valence-electron chi connectivity index (χ0n) is 37.9. The van der Waals surface area contributed by atoms with Crippen molar-refractivity contribution in [3.05, 3.63) is 253 Å². The molecule has 0 saturated heterocycles. The van der Waals surface area contributed by atoms with Crippen molar-refractivity contribution in [2.45, 2.75) is 5.41 Å². The monoisotopic (exact) mass is 756 g/mol. The van der Waals surface area contributed by atoms with Crippen LogP contribution in [0.3, 0.4) is 0 Å². The van der Waals surface area contributed by atoms with Gasteiger partial charge in [0.2, 0.25) is 0 Å². The molecule has 0 amide bonds. The molecule has 0 unspecified atom stereocenters. The molecule has 1 aromatic heterocycles. The molecule has 2 nitrogen and oxygen atoms in total. The second-order valence-corrected chi connectivity index (χ2v) is 14.8. The minimum atomic E-state index is -0.754. The standard InChI is InChI=1S/C57H38N2/c1-5-17-39(18-6-1)40-29-31-41(32-30-40)54-38-55(59-56(58-54)42-19-7-2-8-20-42)51-36-35-46(47-25-13-14-26-48(47)51)43-33-34-50-49-27-15-16-28-52(49)57(53(50)37-43,44-21-9-3-10-22-44)45-23-11-4-12-24-45/h1-38H/i13D,14D,25D,26D,35D,36D. The molecule has 0 bridgehead atoms. The fraction of sp³-hybridized carbons (Fsp3) is 0.0175. The van der Waals surface area contributed by atoms with Crippen molar-refractivity contribution in [2.75, 3.05) is 0 Å². The van der Waals surface area contributed by atoms with Gasteiger partial charge in [0.15, 0.2) is 5.82 Å². The zero-order valence-corrected chi connectivity index (χ0v) is 31.9. The van der Waals surface area contributed by atoms with Gasteiger partial charge in [-0.25, -0.2) is 9.97 Å². The average Bonchev–Trinajstić information content (AvgIpc) is 3.67. The smallest absolute Gasteiger partial charge is 0.160 e. The lowest BCUT2D eigenvalue weighted by Crippen LogP contribution is -2.28. The van der Waals surface area contributed by atoms with Crippen molar-refractivity contribution in [1.82, 2.24) is 9.97 Å². The lowest BCUT2D eigenvalue weighted by molar-refractivity contribution is 0.769. The first kappa shape index (κ1) is 28.7. The van der Waals surface area contributed by atoms with Gasteiger partial charge >= 0.3 is 0 Å². The molecule has 0 atom stereocenters. The first-order chi connectivity index (χ1) is 31.8. The molecule has 10 aromatic rings. The second kappa shape index (κ2) is 14.4. The van der Waals surface area contributed by atoms with Crippen molar-refractivity contribution >= 4 is 10.8 Å². The third-order valence-electron chi connectivity index (χ3n) is 11.5. The minimum absolute atomic E-state index is 0.122. The van der Waals surface area contributed by atoms with Crippen molar-refractivity contribution in [3.8, 4) is 67.3 Å². The van der Waals surface area contributed by atoms with E-state index >= 15 is 0 Å². The highest BCUT2D eigenvalue weighted by Crippen LogP contribution is 2.57. The number of nitrogens with zero attached hydrogens (tertiary/aromatic N) is 2. The van der Waals surface area contributed by atoms with E-state index in [1.807, 2.05) is 121 Å². The van der Waals surface area contributed by atoms with Crippen LogP contribution in [0.4, 0.5) is 0 Å². The molecule has 0 spiro atoms. The van der Waals surface area contributed by atoms with Gasteiger partial charge in [0.1, 0.15) is 0 Å². The van der Waals surface area contributed by atoms with Crippen LogP contribution in [0, 0.1) is 0 Å². The maximum absolute atomic E-state index is 9.91. The molecule has 0 aliphatic heterocycles. The van der Waals surface area contributed by atoms with Crippen LogP contribution in [0.2, 0.25) is 0 Å². The predicted octanol–water partition coefficient (Wildman–Crippen LogP) is 14.3. The van der Waals surface area contributed by atoms with E-state index in [1.165, 1.54) is 0 Å². The van der Waals surface area contributed by atoms with Gasteiger partial charge in [-0.05, 0) is 78.5 Å². The molecule has 1 aliphatic carbocycles. The summed E-state index contributed by atoms with van der Waals surface area (Å²) in [5.74, 6) is 0.380. The summed E-state index contributed by atoms with van der Waals surface area (Å²) in [4.78, 5) is 10.0. The summed E-state index contributed by atoms with van der Waals surface area (Å²) in [6, 6.07) is 62.8. The fourth-order valence-electron chi connectivity index (χ4n) is 8.85. The Morgan fingerprint density at radius 2 is 0.831 bits per heavy atom. The van der Waals surface area contributed by atoms with Crippen LogP contribution < -0.4 is 0 Å². The van der Waals surface area contributed by atoms with Crippen LogP contribution in [0.15, 0.2) is 230 Å². The molecule has 276 valence electrons.